The summed E-state index contributed by atoms with van der Waals surface area (Å²) in [4.78, 5) is 13.3. The molecule has 1 saturated heterocycles. The molecule has 100 valence electrons. The topological polar surface area (TPSA) is 67.5 Å². The van der Waals surface area contributed by atoms with E-state index in [1.165, 1.54) is 0 Å². The fourth-order valence-electron chi connectivity index (χ4n) is 2.13. The summed E-state index contributed by atoms with van der Waals surface area (Å²) in [5.74, 6) is 2.06. The second kappa shape index (κ2) is 5.97. The van der Waals surface area contributed by atoms with E-state index < -0.39 is 0 Å². The molecule has 0 bridgehead atoms. The maximum atomic E-state index is 5.82. The van der Waals surface area contributed by atoms with Gasteiger partial charge >= 0.3 is 0 Å². The Morgan fingerprint density at radius 2 is 2.11 bits per heavy atom. The maximum Gasteiger partial charge on any atom is 0.158 e. The van der Waals surface area contributed by atoms with Gasteiger partial charge in [-0.15, -0.1) is 0 Å². The monoisotopic (exact) mass is 251 g/mol. The van der Waals surface area contributed by atoms with Crippen LogP contribution in [0.3, 0.4) is 0 Å². The molecule has 0 amide bonds. The molecule has 1 fully saturated rings. The molecule has 1 aliphatic rings. The van der Waals surface area contributed by atoms with E-state index >= 15 is 0 Å². The molecule has 2 N–H and O–H groups in total. The van der Waals surface area contributed by atoms with E-state index in [0.717, 1.165) is 38.4 Å². The van der Waals surface area contributed by atoms with Gasteiger partial charge in [-0.3, -0.25) is 0 Å². The Labute approximate surface area is 108 Å². The third-order valence-electron chi connectivity index (χ3n) is 3.10. The third-order valence-corrected chi connectivity index (χ3v) is 3.10. The van der Waals surface area contributed by atoms with Crippen molar-refractivity contribution in [1.82, 2.24) is 14.9 Å². The van der Waals surface area contributed by atoms with Gasteiger partial charge in [0.2, 0.25) is 0 Å². The smallest absolute Gasteiger partial charge is 0.158 e. The number of anilines is 2. The van der Waals surface area contributed by atoms with Crippen LogP contribution in [-0.4, -0.2) is 55.2 Å². The summed E-state index contributed by atoms with van der Waals surface area (Å²) in [6, 6.07) is 1.84. The van der Waals surface area contributed by atoms with Crippen LogP contribution in [-0.2, 0) is 11.3 Å². The van der Waals surface area contributed by atoms with Crippen molar-refractivity contribution in [3.63, 3.8) is 0 Å². The molecule has 6 nitrogen and oxygen atoms in total. The first-order valence-electron chi connectivity index (χ1n) is 6.25. The van der Waals surface area contributed by atoms with E-state index in [1.54, 1.807) is 7.11 Å². The third kappa shape index (κ3) is 3.30. The number of likely N-dealkylation sites (N-methyl/N-ethyl adjacent to an activating group) is 1. The molecule has 0 radical (unpaired) electrons. The highest BCUT2D eigenvalue weighted by atomic mass is 16.5. The summed E-state index contributed by atoms with van der Waals surface area (Å²) < 4.78 is 5.06. The Morgan fingerprint density at radius 1 is 1.28 bits per heavy atom. The van der Waals surface area contributed by atoms with Crippen molar-refractivity contribution < 1.29 is 4.74 Å². The normalized spacial score (nSPS) is 17.8. The summed E-state index contributed by atoms with van der Waals surface area (Å²) in [5.41, 5.74) is 5.82. The van der Waals surface area contributed by atoms with E-state index in [1.807, 2.05) is 6.07 Å². The number of nitrogens with two attached hydrogens (primary N) is 1. The number of ether oxygens (including phenoxy) is 1. The Morgan fingerprint density at radius 3 is 2.89 bits per heavy atom. The summed E-state index contributed by atoms with van der Waals surface area (Å²) in [5, 5.41) is 0. The Hall–Kier alpha value is -1.40. The number of methoxy groups -OCH3 is 1. The second-order valence-electron chi connectivity index (χ2n) is 4.64. The zero-order valence-electron chi connectivity index (χ0n) is 11.1. The van der Waals surface area contributed by atoms with Crippen molar-refractivity contribution in [2.45, 2.75) is 13.0 Å². The molecule has 0 aliphatic carbocycles. The molecular weight excluding hydrogens is 230 g/mol. The van der Waals surface area contributed by atoms with Gasteiger partial charge in [0.1, 0.15) is 18.2 Å². The summed E-state index contributed by atoms with van der Waals surface area (Å²) in [6.45, 7) is 4.55. The van der Waals surface area contributed by atoms with Crippen molar-refractivity contribution in [2.75, 3.05) is 51.0 Å². The molecule has 2 heterocycles. The highest BCUT2D eigenvalue weighted by Crippen LogP contribution is 2.16. The molecule has 1 aromatic rings. The predicted octanol–water partition coefficient (Wildman–Crippen LogP) is 0.347. The first-order valence-corrected chi connectivity index (χ1v) is 6.25. The standard InChI is InChI=1S/C12H21N5O/c1-16-4-3-5-17(7-6-16)12-8-10(13)14-11(15-12)9-18-2/h8H,3-7,9H2,1-2H3,(H2,13,14,15). The van der Waals surface area contributed by atoms with Gasteiger partial charge in [-0.05, 0) is 20.0 Å². The van der Waals surface area contributed by atoms with Crippen molar-refractivity contribution in [2.24, 2.45) is 0 Å². The maximum absolute atomic E-state index is 5.82. The lowest BCUT2D eigenvalue weighted by Gasteiger charge is -2.22. The van der Waals surface area contributed by atoms with Crippen LogP contribution in [0.25, 0.3) is 0 Å². The van der Waals surface area contributed by atoms with E-state index in [-0.39, 0.29) is 0 Å². The molecule has 0 atom stereocenters. The summed E-state index contributed by atoms with van der Waals surface area (Å²) in [6.07, 6.45) is 1.14. The molecule has 18 heavy (non-hydrogen) atoms. The average molecular weight is 251 g/mol. The minimum absolute atomic E-state index is 0.395. The molecule has 1 aliphatic heterocycles. The van der Waals surface area contributed by atoms with E-state index in [9.17, 15) is 0 Å². The summed E-state index contributed by atoms with van der Waals surface area (Å²) >= 11 is 0. The summed E-state index contributed by atoms with van der Waals surface area (Å²) in [7, 11) is 3.78. The number of hydrogen-bond donors (Lipinski definition) is 1. The van der Waals surface area contributed by atoms with Crippen LogP contribution in [0, 0.1) is 0 Å². The van der Waals surface area contributed by atoms with Gasteiger partial charge in [0.05, 0.1) is 0 Å². The second-order valence-corrected chi connectivity index (χ2v) is 4.64. The zero-order valence-corrected chi connectivity index (χ0v) is 11.1. The zero-order chi connectivity index (χ0) is 13.0. The number of hydrogen-bond acceptors (Lipinski definition) is 6. The first kappa shape index (κ1) is 13.0. The Kier molecular flexibility index (Phi) is 4.33. The van der Waals surface area contributed by atoms with Crippen LogP contribution in [0.4, 0.5) is 11.6 Å². The molecule has 2 rings (SSSR count). The number of rotatable bonds is 3. The van der Waals surface area contributed by atoms with Gasteiger partial charge in [-0.1, -0.05) is 0 Å². The first-order chi connectivity index (χ1) is 8.69. The van der Waals surface area contributed by atoms with Crippen molar-refractivity contribution in [3.8, 4) is 0 Å². The predicted molar refractivity (Wildman–Crippen MR) is 71.5 cm³/mol. The minimum Gasteiger partial charge on any atom is -0.384 e. The molecular formula is C12H21N5O. The molecule has 0 unspecified atom stereocenters. The van der Waals surface area contributed by atoms with Gasteiger partial charge in [0.15, 0.2) is 5.82 Å². The van der Waals surface area contributed by atoms with Gasteiger partial charge in [0, 0.05) is 32.8 Å². The molecule has 0 saturated carbocycles. The number of nitrogen functional groups attached to an aromatic ring is 1. The molecule has 6 heteroatoms. The van der Waals surface area contributed by atoms with Crippen molar-refractivity contribution in [3.05, 3.63) is 11.9 Å². The minimum atomic E-state index is 0.395. The Bertz CT molecular complexity index is 398. The lowest BCUT2D eigenvalue weighted by Crippen LogP contribution is -2.29. The lowest BCUT2D eigenvalue weighted by molar-refractivity contribution is 0.178. The SMILES string of the molecule is COCc1nc(N)cc(N2CCCN(C)CC2)n1. The van der Waals surface area contributed by atoms with Crippen LogP contribution in [0.1, 0.15) is 12.2 Å². The number of nitrogens with zero attached hydrogens (tertiary/aromatic N) is 4. The fraction of sp³-hybridized carbons (Fsp3) is 0.667. The van der Waals surface area contributed by atoms with Crippen LogP contribution in [0.5, 0.6) is 0 Å². The van der Waals surface area contributed by atoms with Crippen LogP contribution < -0.4 is 10.6 Å². The van der Waals surface area contributed by atoms with Gasteiger partial charge in [-0.25, -0.2) is 9.97 Å². The van der Waals surface area contributed by atoms with Crippen LogP contribution >= 0.6 is 0 Å². The van der Waals surface area contributed by atoms with E-state index in [0.29, 0.717) is 18.2 Å². The molecule has 0 aromatic carbocycles. The van der Waals surface area contributed by atoms with E-state index in [2.05, 4.69) is 26.8 Å². The number of aromatic nitrogens is 2. The van der Waals surface area contributed by atoms with Crippen LogP contribution in [0.15, 0.2) is 6.07 Å². The average Bonchev–Trinajstić information content (AvgIpc) is 2.54. The van der Waals surface area contributed by atoms with Crippen molar-refractivity contribution >= 4 is 11.6 Å². The van der Waals surface area contributed by atoms with Crippen molar-refractivity contribution in [1.29, 1.82) is 0 Å². The van der Waals surface area contributed by atoms with Crippen LogP contribution in [0.2, 0.25) is 0 Å². The molecule has 0 spiro atoms. The van der Waals surface area contributed by atoms with E-state index in [4.69, 9.17) is 10.5 Å². The van der Waals surface area contributed by atoms with Gasteiger partial charge in [-0.2, -0.15) is 0 Å². The Balaban J connectivity index is 2.15. The quantitative estimate of drug-likeness (QED) is 0.836. The highest BCUT2D eigenvalue weighted by molar-refractivity contribution is 5.47. The fourth-order valence-corrected chi connectivity index (χ4v) is 2.13. The highest BCUT2D eigenvalue weighted by Gasteiger charge is 2.15. The lowest BCUT2D eigenvalue weighted by atomic mass is 10.3. The largest absolute Gasteiger partial charge is 0.384 e. The molecule has 1 aromatic heterocycles. The van der Waals surface area contributed by atoms with Gasteiger partial charge in [0.25, 0.3) is 0 Å². The van der Waals surface area contributed by atoms with Gasteiger partial charge < -0.3 is 20.3 Å².